The summed E-state index contributed by atoms with van der Waals surface area (Å²) in [6.45, 7) is 2.25. The van der Waals surface area contributed by atoms with E-state index in [1.54, 1.807) is 19.3 Å². The molecule has 5 nitrogen and oxygen atoms in total. The molecule has 0 radical (unpaired) electrons. The van der Waals surface area contributed by atoms with E-state index in [-0.39, 0.29) is 18.0 Å². The quantitative estimate of drug-likeness (QED) is 0.858. The lowest BCUT2D eigenvalue weighted by Crippen LogP contribution is -2.33. The molecule has 0 N–H and O–H groups in total. The topological polar surface area (TPSA) is 55.5 Å². The molecule has 1 amide bonds. The fourth-order valence-corrected chi connectivity index (χ4v) is 2.16. The van der Waals surface area contributed by atoms with Gasteiger partial charge >= 0.3 is 0 Å². The Morgan fingerprint density at radius 1 is 1.35 bits per heavy atom. The normalized spacial score (nSPS) is 10.6. The molecule has 2 heterocycles. The van der Waals surface area contributed by atoms with Gasteiger partial charge in [0.05, 0.1) is 6.54 Å². The van der Waals surface area contributed by atoms with Gasteiger partial charge < -0.3 is 13.9 Å². The molecule has 0 aliphatic carbocycles. The second-order valence-electron chi connectivity index (χ2n) is 4.58. The van der Waals surface area contributed by atoms with Crippen LogP contribution in [0.2, 0.25) is 0 Å². The summed E-state index contributed by atoms with van der Waals surface area (Å²) in [5.41, 5.74) is -0.205. The third-order valence-corrected chi connectivity index (χ3v) is 3.34. The fourth-order valence-electron chi connectivity index (χ4n) is 1.78. The first kappa shape index (κ1) is 14.6. The Kier molecular flexibility index (Phi) is 4.44. The van der Waals surface area contributed by atoms with Crippen LogP contribution in [0.5, 0.6) is 0 Å². The Balaban J connectivity index is 2.04. The van der Waals surface area contributed by atoms with Crippen LogP contribution in [0.1, 0.15) is 11.5 Å². The van der Waals surface area contributed by atoms with Crippen LogP contribution in [0.15, 0.2) is 44.1 Å². The van der Waals surface area contributed by atoms with Gasteiger partial charge in [-0.05, 0) is 41.1 Å². The predicted molar refractivity (Wildman–Crippen MR) is 78.3 cm³/mol. The number of aromatic nitrogens is 1. The molecule has 0 saturated heterocycles. The maximum absolute atomic E-state index is 12.1. The second-order valence-corrected chi connectivity index (χ2v) is 5.49. The SMILES string of the molecule is Cc1ccc(CN(C)C(=O)Cn2cc(Br)ccc2=O)o1. The fraction of sp³-hybridized carbons (Fsp3) is 0.286. The number of furan rings is 1. The van der Waals surface area contributed by atoms with E-state index in [0.717, 1.165) is 16.0 Å². The zero-order valence-electron chi connectivity index (χ0n) is 11.3. The molecule has 0 aromatic carbocycles. The summed E-state index contributed by atoms with van der Waals surface area (Å²) in [6, 6.07) is 6.77. The summed E-state index contributed by atoms with van der Waals surface area (Å²) in [6.07, 6.45) is 1.60. The number of hydrogen-bond donors (Lipinski definition) is 0. The lowest BCUT2D eigenvalue weighted by Gasteiger charge is -2.16. The van der Waals surface area contributed by atoms with Gasteiger partial charge in [0.15, 0.2) is 0 Å². The van der Waals surface area contributed by atoms with Gasteiger partial charge in [0.25, 0.3) is 5.56 Å². The van der Waals surface area contributed by atoms with Crippen molar-refractivity contribution >= 4 is 21.8 Å². The Bertz CT molecular complexity index is 675. The zero-order chi connectivity index (χ0) is 14.7. The zero-order valence-corrected chi connectivity index (χ0v) is 12.9. The minimum Gasteiger partial charge on any atom is -0.464 e. The van der Waals surface area contributed by atoms with E-state index >= 15 is 0 Å². The van der Waals surface area contributed by atoms with E-state index < -0.39 is 0 Å². The molecule has 0 aliphatic rings. The van der Waals surface area contributed by atoms with Crippen LogP contribution in [-0.2, 0) is 17.9 Å². The third kappa shape index (κ3) is 3.60. The van der Waals surface area contributed by atoms with Gasteiger partial charge in [-0.1, -0.05) is 0 Å². The molecule has 0 bridgehead atoms. The van der Waals surface area contributed by atoms with Crippen LogP contribution in [0, 0.1) is 6.92 Å². The van der Waals surface area contributed by atoms with E-state index in [1.807, 2.05) is 19.1 Å². The largest absolute Gasteiger partial charge is 0.464 e. The average Bonchev–Trinajstić information content (AvgIpc) is 2.79. The standard InChI is InChI=1S/C14H15BrN2O3/c1-10-3-5-12(20-10)8-16(2)14(19)9-17-7-11(15)4-6-13(17)18/h3-7H,8-9H2,1-2H3. The average molecular weight is 339 g/mol. The summed E-state index contributed by atoms with van der Waals surface area (Å²) in [4.78, 5) is 25.3. The maximum Gasteiger partial charge on any atom is 0.251 e. The number of likely N-dealkylation sites (N-methyl/N-ethyl adjacent to an activating group) is 1. The molecule has 2 aromatic heterocycles. The molecule has 0 aliphatic heterocycles. The summed E-state index contributed by atoms with van der Waals surface area (Å²) in [5.74, 6) is 1.38. The Labute approximate surface area is 124 Å². The highest BCUT2D eigenvalue weighted by Gasteiger charge is 2.12. The summed E-state index contributed by atoms with van der Waals surface area (Å²) < 4.78 is 7.56. The van der Waals surface area contributed by atoms with E-state index in [0.29, 0.717) is 6.54 Å². The highest BCUT2D eigenvalue weighted by Crippen LogP contribution is 2.09. The van der Waals surface area contributed by atoms with Gasteiger partial charge in [-0.15, -0.1) is 0 Å². The van der Waals surface area contributed by atoms with E-state index in [4.69, 9.17) is 4.42 Å². The van der Waals surface area contributed by atoms with Crippen molar-refractivity contribution in [3.8, 4) is 0 Å². The summed E-state index contributed by atoms with van der Waals surface area (Å²) in [7, 11) is 1.68. The Morgan fingerprint density at radius 2 is 2.10 bits per heavy atom. The molecular weight excluding hydrogens is 324 g/mol. The summed E-state index contributed by atoms with van der Waals surface area (Å²) >= 11 is 3.28. The van der Waals surface area contributed by atoms with Crippen molar-refractivity contribution in [3.05, 3.63) is 56.8 Å². The first-order valence-corrected chi connectivity index (χ1v) is 6.90. The van der Waals surface area contributed by atoms with E-state index in [9.17, 15) is 9.59 Å². The van der Waals surface area contributed by atoms with Crippen molar-refractivity contribution in [2.75, 3.05) is 7.05 Å². The molecule has 0 fully saturated rings. The number of rotatable bonds is 4. The smallest absolute Gasteiger partial charge is 0.251 e. The van der Waals surface area contributed by atoms with Crippen molar-refractivity contribution in [1.29, 1.82) is 0 Å². The number of halogens is 1. The van der Waals surface area contributed by atoms with Crippen molar-refractivity contribution < 1.29 is 9.21 Å². The Morgan fingerprint density at radius 3 is 2.75 bits per heavy atom. The number of hydrogen-bond acceptors (Lipinski definition) is 3. The molecule has 2 aromatic rings. The van der Waals surface area contributed by atoms with Crippen molar-refractivity contribution in [3.63, 3.8) is 0 Å². The van der Waals surface area contributed by atoms with E-state index in [2.05, 4.69) is 15.9 Å². The molecule has 6 heteroatoms. The monoisotopic (exact) mass is 338 g/mol. The molecule has 20 heavy (non-hydrogen) atoms. The number of carbonyl (C=O) groups is 1. The van der Waals surface area contributed by atoms with Crippen molar-refractivity contribution in [2.45, 2.75) is 20.0 Å². The highest BCUT2D eigenvalue weighted by atomic mass is 79.9. The van der Waals surface area contributed by atoms with Gasteiger partial charge in [0.1, 0.15) is 18.1 Å². The van der Waals surface area contributed by atoms with Crippen LogP contribution in [0.25, 0.3) is 0 Å². The molecule has 0 saturated carbocycles. The van der Waals surface area contributed by atoms with Gasteiger partial charge in [-0.25, -0.2) is 0 Å². The lowest BCUT2D eigenvalue weighted by molar-refractivity contribution is -0.131. The van der Waals surface area contributed by atoms with Crippen molar-refractivity contribution in [1.82, 2.24) is 9.47 Å². The molecule has 0 atom stereocenters. The van der Waals surface area contributed by atoms with Crippen LogP contribution in [0.4, 0.5) is 0 Å². The third-order valence-electron chi connectivity index (χ3n) is 2.87. The van der Waals surface area contributed by atoms with Gasteiger partial charge in [-0.3, -0.25) is 9.59 Å². The van der Waals surface area contributed by atoms with Crippen LogP contribution in [-0.4, -0.2) is 22.4 Å². The first-order valence-electron chi connectivity index (χ1n) is 6.11. The molecular formula is C14H15BrN2O3. The van der Waals surface area contributed by atoms with E-state index in [1.165, 1.54) is 15.5 Å². The minimum atomic E-state index is -0.205. The number of pyridine rings is 1. The van der Waals surface area contributed by atoms with Crippen LogP contribution >= 0.6 is 15.9 Å². The first-order chi connectivity index (χ1) is 9.45. The Hall–Kier alpha value is -1.82. The molecule has 106 valence electrons. The van der Waals surface area contributed by atoms with Crippen LogP contribution < -0.4 is 5.56 Å². The molecule has 0 unspecified atom stereocenters. The number of amides is 1. The van der Waals surface area contributed by atoms with Crippen LogP contribution in [0.3, 0.4) is 0 Å². The van der Waals surface area contributed by atoms with Gasteiger partial charge in [0, 0.05) is 23.8 Å². The number of carbonyl (C=O) groups excluding carboxylic acids is 1. The predicted octanol–water partition coefficient (Wildman–Crippen LogP) is 2.17. The number of nitrogens with zero attached hydrogens (tertiary/aromatic N) is 2. The highest BCUT2D eigenvalue weighted by molar-refractivity contribution is 9.10. The number of aryl methyl sites for hydroxylation is 1. The van der Waals surface area contributed by atoms with Gasteiger partial charge in [-0.2, -0.15) is 0 Å². The minimum absolute atomic E-state index is 0.00840. The summed E-state index contributed by atoms with van der Waals surface area (Å²) in [5, 5.41) is 0. The van der Waals surface area contributed by atoms with Crippen molar-refractivity contribution in [2.24, 2.45) is 0 Å². The molecule has 2 rings (SSSR count). The van der Waals surface area contributed by atoms with Gasteiger partial charge in [0.2, 0.25) is 5.91 Å². The molecule has 0 spiro atoms. The lowest BCUT2D eigenvalue weighted by atomic mass is 10.4. The second kappa shape index (κ2) is 6.09. The maximum atomic E-state index is 12.1.